The van der Waals surface area contributed by atoms with Crippen molar-refractivity contribution in [1.29, 1.82) is 0 Å². The molecule has 1 aliphatic heterocycles. The lowest BCUT2D eigenvalue weighted by Crippen LogP contribution is -2.19. The van der Waals surface area contributed by atoms with E-state index in [9.17, 15) is 4.79 Å². The summed E-state index contributed by atoms with van der Waals surface area (Å²) in [5.41, 5.74) is 6.51. The highest BCUT2D eigenvalue weighted by molar-refractivity contribution is 8.18. The molecule has 5 heteroatoms. The second-order valence-corrected chi connectivity index (χ2v) is 7.94. The van der Waals surface area contributed by atoms with Crippen LogP contribution in [-0.2, 0) is 4.79 Å². The molecular formula is C23H21N3OS. The predicted molar refractivity (Wildman–Crippen MR) is 117 cm³/mol. The van der Waals surface area contributed by atoms with Crippen molar-refractivity contribution in [3.63, 3.8) is 0 Å². The highest BCUT2D eigenvalue weighted by Crippen LogP contribution is 2.29. The molecule has 1 amide bonds. The quantitative estimate of drug-likeness (QED) is 0.620. The van der Waals surface area contributed by atoms with Crippen LogP contribution < -0.4 is 5.32 Å². The maximum atomic E-state index is 12.4. The van der Waals surface area contributed by atoms with Gasteiger partial charge in [-0.25, -0.2) is 4.99 Å². The van der Waals surface area contributed by atoms with E-state index in [0.717, 1.165) is 17.1 Å². The fourth-order valence-corrected chi connectivity index (χ4v) is 3.98. The Balaban J connectivity index is 1.63. The summed E-state index contributed by atoms with van der Waals surface area (Å²) in [6, 6.07) is 18.3. The van der Waals surface area contributed by atoms with Crippen LogP contribution in [0.5, 0.6) is 0 Å². The minimum absolute atomic E-state index is 0.121. The van der Waals surface area contributed by atoms with E-state index in [1.165, 1.54) is 28.5 Å². The number of aromatic nitrogens is 1. The van der Waals surface area contributed by atoms with Crippen LogP contribution in [0.2, 0.25) is 0 Å². The molecule has 1 fully saturated rings. The van der Waals surface area contributed by atoms with Crippen LogP contribution in [0, 0.1) is 20.8 Å². The van der Waals surface area contributed by atoms with Crippen LogP contribution in [0.15, 0.2) is 70.7 Å². The van der Waals surface area contributed by atoms with E-state index in [1.54, 1.807) is 0 Å². The summed E-state index contributed by atoms with van der Waals surface area (Å²) < 4.78 is 2.10. The van der Waals surface area contributed by atoms with Gasteiger partial charge in [-0.1, -0.05) is 35.4 Å². The standard InChI is InChI=1S/C23H21N3OS/c1-15-6-9-18(10-7-15)24-23-25-22(27)21(28-23)14-19-5-4-12-26(19)20-11-8-16(2)13-17(20)3/h4-14H,1-3H3,(H,24,25,27)/b21-14+. The van der Waals surface area contributed by atoms with E-state index in [2.05, 4.69) is 46.9 Å². The Kier molecular flexibility index (Phi) is 4.92. The lowest BCUT2D eigenvalue weighted by molar-refractivity contribution is -0.115. The van der Waals surface area contributed by atoms with Crippen LogP contribution >= 0.6 is 11.8 Å². The molecule has 0 aliphatic carbocycles. The highest BCUT2D eigenvalue weighted by atomic mass is 32.2. The minimum atomic E-state index is -0.121. The van der Waals surface area contributed by atoms with Crippen molar-refractivity contribution in [2.45, 2.75) is 20.8 Å². The van der Waals surface area contributed by atoms with Crippen LogP contribution in [0.3, 0.4) is 0 Å². The van der Waals surface area contributed by atoms with Crippen molar-refractivity contribution in [2.24, 2.45) is 4.99 Å². The Bertz CT molecular complexity index is 1110. The van der Waals surface area contributed by atoms with E-state index in [4.69, 9.17) is 0 Å². The number of aliphatic imine (C=N–C) groups is 1. The van der Waals surface area contributed by atoms with Crippen LogP contribution in [0.4, 0.5) is 5.69 Å². The number of nitrogens with zero attached hydrogens (tertiary/aromatic N) is 2. The van der Waals surface area contributed by atoms with Crippen molar-refractivity contribution in [1.82, 2.24) is 9.88 Å². The molecule has 0 spiro atoms. The first kappa shape index (κ1) is 18.3. The fourth-order valence-electron chi connectivity index (χ4n) is 3.16. The highest BCUT2D eigenvalue weighted by Gasteiger charge is 2.24. The monoisotopic (exact) mass is 387 g/mol. The zero-order chi connectivity index (χ0) is 19.7. The van der Waals surface area contributed by atoms with Crippen LogP contribution in [0.25, 0.3) is 11.8 Å². The summed E-state index contributed by atoms with van der Waals surface area (Å²) in [7, 11) is 0. The molecule has 0 unspecified atom stereocenters. The SMILES string of the molecule is Cc1ccc(N=C2NC(=O)/C(=C\c3cccn3-c3ccc(C)cc3C)S2)cc1. The maximum absolute atomic E-state index is 12.4. The van der Waals surface area contributed by atoms with E-state index >= 15 is 0 Å². The lowest BCUT2D eigenvalue weighted by atomic mass is 10.1. The van der Waals surface area contributed by atoms with Crippen molar-refractivity contribution in [3.8, 4) is 5.69 Å². The zero-order valence-corrected chi connectivity index (χ0v) is 16.9. The number of hydrogen-bond acceptors (Lipinski definition) is 3. The summed E-state index contributed by atoms with van der Waals surface area (Å²) in [5, 5.41) is 3.46. The van der Waals surface area contributed by atoms with Gasteiger partial charge in [0.15, 0.2) is 5.17 Å². The van der Waals surface area contributed by atoms with E-state index in [1.807, 2.05) is 55.6 Å². The van der Waals surface area contributed by atoms with Crippen molar-refractivity contribution in [3.05, 3.63) is 88.1 Å². The molecule has 1 aromatic heterocycles. The normalized spacial score (nSPS) is 16.8. The number of amides is 1. The predicted octanol–water partition coefficient (Wildman–Crippen LogP) is 5.29. The molecule has 2 heterocycles. The topological polar surface area (TPSA) is 46.4 Å². The minimum Gasteiger partial charge on any atom is -0.317 e. The van der Waals surface area contributed by atoms with Gasteiger partial charge < -0.3 is 9.88 Å². The molecule has 4 rings (SSSR count). The second kappa shape index (κ2) is 7.52. The number of carbonyl (C=O) groups is 1. The number of rotatable bonds is 3. The van der Waals surface area contributed by atoms with Gasteiger partial charge in [-0.05, 0) is 74.5 Å². The number of hydrogen-bond donors (Lipinski definition) is 1. The Morgan fingerprint density at radius 1 is 1.00 bits per heavy atom. The molecule has 4 nitrogen and oxygen atoms in total. The third-order valence-electron chi connectivity index (χ3n) is 4.59. The molecule has 1 N–H and O–H groups in total. The number of aryl methyl sites for hydroxylation is 3. The third kappa shape index (κ3) is 3.80. The number of carbonyl (C=O) groups excluding carboxylic acids is 1. The van der Waals surface area contributed by atoms with Crippen molar-refractivity contribution in [2.75, 3.05) is 0 Å². The van der Waals surface area contributed by atoms with Crippen molar-refractivity contribution < 1.29 is 4.79 Å². The Labute approximate surface area is 169 Å². The van der Waals surface area contributed by atoms with Gasteiger partial charge in [0.25, 0.3) is 5.91 Å². The van der Waals surface area contributed by atoms with Crippen LogP contribution in [0.1, 0.15) is 22.4 Å². The fraction of sp³-hybridized carbons (Fsp3) is 0.130. The van der Waals surface area contributed by atoms with E-state index in [-0.39, 0.29) is 5.91 Å². The van der Waals surface area contributed by atoms with Gasteiger partial charge in [-0.2, -0.15) is 0 Å². The van der Waals surface area contributed by atoms with Gasteiger partial charge in [0.2, 0.25) is 0 Å². The number of thioether (sulfide) groups is 1. The van der Waals surface area contributed by atoms with Gasteiger partial charge >= 0.3 is 0 Å². The summed E-state index contributed by atoms with van der Waals surface area (Å²) in [4.78, 5) is 17.6. The first-order valence-corrected chi connectivity index (χ1v) is 9.92. The van der Waals surface area contributed by atoms with Gasteiger partial charge in [-0.15, -0.1) is 0 Å². The summed E-state index contributed by atoms with van der Waals surface area (Å²) in [5.74, 6) is -0.121. The summed E-state index contributed by atoms with van der Waals surface area (Å²) >= 11 is 1.36. The van der Waals surface area contributed by atoms with Gasteiger partial charge in [-0.3, -0.25) is 4.79 Å². The third-order valence-corrected chi connectivity index (χ3v) is 5.50. The molecule has 0 saturated carbocycles. The molecule has 28 heavy (non-hydrogen) atoms. The Hall–Kier alpha value is -3.05. The zero-order valence-electron chi connectivity index (χ0n) is 16.1. The average Bonchev–Trinajstić information content (AvgIpc) is 3.24. The average molecular weight is 388 g/mol. The molecule has 1 aliphatic rings. The molecular weight excluding hydrogens is 366 g/mol. The number of benzene rings is 2. The van der Waals surface area contributed by atoms with E-state index < -0.39 is 0 Å². The smallest absolute Gasteiger partial charge is 0.264 e. The van der Waals surface area contributed by atoms with E-state index in [0.29, 0.717) is 10.1 Å². The van der Waals surface area contributed by atoms with Gasteiger partial charge in [0.1, 0.15) is 0 Å². The van der Waals surface area contributed by atoms with Crippen molar-refractivity contribution >= 4 is 34.6 Å². The van der Waals surface area contributed by atoms with Crippen LogP contribution in [-0.4, -0.2) is 15.6 Å². The number of amidine groups is 1. The summed E-state index contributed by atoms with van der Waals surface area (Å²) in [6.07, 6.45) is 3.93. The lowest BCUT2D eigenvalue weighted by Gasteiger charge is -2.11. The largest absolute Gasteiger partial charge is 0.317 e. The van der Waals surface area contributed by atoms with Gasteiger partial charge in [0.05, 0.1) is 10.6 Å². The summed E-state index contributed by atoms with van der Waals surface area (Å²) in [6.45, 7) is 6.22. The first-order chi connectivity index (χ1) is 13.5. The Morgan fingerprint density at radius 2 is 1.75 bits per heavy atom. The molecule has 2 aromatic carbocycles. The second-order valence-electron chi connectivity index (χ2n) is 6.91. The number of nitrogens with one attached hydrogen (secondary N) is 1. The van der Waals surface area contributed by atoms with Gasteiger partial charge in [0, 0.05) is 17.6 Å². The Morgan fingerprint density at radius 3 is 2.50 bits per heavy atom. The molecule has 0 atom stereocenters. The molecule has 140 valence electrons. The molecule has 0 bridgehead atoms. The molecule has 1 saturated heterocycles. The molecule has 0 radical (unpaired) electrons. The maximum Gasteiger partial charge on any atom is 0.264 e. The first-order valence-electron chi connectivity index (χ1n) is 9.11. The molecule has 3 aromatic rings.